The van der Waals surface area contributed by atoms with Crippen molar-refractivity contribution in [2.45, 2.75) is 33.2 Å². The first-order valence-electron chi connectivity index (χ1n) is 7.12. The molecule has 0 saturated heterocycles. The SMILES string of the molecule is CCCCNc1nc(C)cn1CCN(C)CCOC. The fourth-order valence-electron chi connectivity index (χ4n) is 1.87. The minimum atomic E-state index is 0.779. The van der Waals surface area contributed by atoms with Gasteiger partial charge in [0, 0.05) is 39.5 Å². The molecule has 19 heavy (non-hydrogen) atoms. The van der Waals surface area contributed by atoms with E-state index in [1.807, 2.05) is 6.92 Å². The molecule has 0 unspecified atom stereocenters. The van der Waals surface area contributed by atoms with Gasteiger partial charge in [0.15, 0.2) is 0 Å². The fourth-order valence-corrected chi connectivity index (χ4v) is 1.87. The second-order valence-electron chi connectivity index (χ2n) is 4.98. The van der Waals surface area contributed by atoms with Crippen LogP contribution in [-0.4, -0.2) is 54.8 Å². The Kier molecular flexibility index (Phi) is 7.52. The lowest BCUT2D eigenvalue weighted by atomic mass is 10.3. The molecule has 5 nitrogen and oxygen atoms in total. The van der Waals surface area contributed by atoms with Gasteiger partial charge >= 0.3 is 0 Å². The highest BCUT2D eigenvalue weighted by atomic mass is 16.5. The zero-order valence-corrected chi connectivity index (χ0v) is 12.8. The smallest absolute Gasteiger partial charge is 0.203 e. The Hall–Kier alpha value is -1.07. The average molecular weight is 268 g/mol. The van der Waals surface area contributed by atoms with Crippen LogP contribution in [0.3, 0.4) is 0 Å². The minimum Gasteiger partial charge on any atom is -0.383 e. The lowest BCUT2D eigenvalue weighted by Crippen LogP contribution is -2.27. The minimum absolute atomic E-state index is 0.779. The number of rotatable bonds is 10. The van der Waals surface area contributed by atoms with Gasteiger partial charge in [0.05, 0.1) is 12.3 Å². The van der Waals surface area contributed by atoms with E-state index in [2.05, 4.69) is 39.9 Å². The number of likely N-dealkylation sites (N-methyl/N-ethyl adjacent to an activating group) is 1. The van der Waals surface area contributed by atoms with Crippen molar-refractivity contribution in [3.8, 4) is 0 Å². The molecule has 0 atom stereocenters. The highest BCUT2D eigenvalue weighted by molar-refractivity contribution is 5.28. The van der Waals surface area contributed by atoms with Crippen molar-refractivity contribution in [3.05, 3.63) is 11.9 Å². The maximum atomic E-state index is 5.08. The van der Waals surface area contributed by atoms with Gasteiger partial charge in [-0.15, -0.1) is 0 Å². The number of hydrogen-bond acceptors (Lipinski definition) is 4. The number of ether oxygens (including phenoxy) is 1. The van der Waals surface area contributed by atoms with E-state index in [4.69, 9.17) is 4.74 Å². The van der Waals surface area contributed by atoms with Crippen LogP contribution in [0.25, 0.3) is 0 Å². The van der Waals surface area contributed by atoms with Crippen molar-refractivity contribution in [2.75, 3.05) is 45.7 Å². The largest absolute Gasteiger partial charge is 0.383 e. The van der Waals surface area contributed by atoms with Gasteiger partial charge in [-0.1, -0.05) is 13.3 Å². The lowest BCUT2D eigenvalue weighted by molar-refractivity contribution is 0.159. The Morgan fingerprint density at radius 3 is 2.89 bits per heavy atom. The van der Waals surface area contributed by atoms with E-state index >= 15 is 0 Å². The van der Waals surface area contributed by atoms with Crippen LogP contribution in [0, 0.1) is 6.92 Å². The molecule has 5 heteroatoms. The summed E-state index contributed by atoms with van der Waals surface area (Å²) >= 11 is 0. The number of nitrogens with one attached hydrogen (secondary N) is 1. The molecular weight excluding hydrogens is 240 g/mol. The topological polar surface area (TPSA) is 42.3 Å². The number of aromatic nitrogens is 2. The number of unbranched alkanes of at least 4 members (excludes halogenated alkanes) is 1. The molecule has 0 spiro atoms. The summed E-state index contributed by atoms with van der Waals surface area (Å²) in [6.45, 7) is 8.92. The first-order valence-corrected chi connectivity index (χ1v) is 7.12. The van der Waals surface area contributed by atoms with Crippen molar-refractivity contribution in [1.29, 1.82) is 0 Å². The van der Waals surface area contributed by atoms with Crippen molar-refractivity contribution >= 4 is 5.95 Å². The number of methoxy groups -OCH3 is 1. The van der Waals surface area contributed by atoms with Crippen LogP contribution in [0.1, 0.15) is 25.5 Å². The van der Waals surface area contributed by atoms with Crippen molar-refractivity contribution in [3.63, 3.8) is 0 Å². The van der Waals surface area contributed by atoms with Gasteiger partial charge in [-0.3, -0.25) is 0 Å². The Balaban J connectivity index is 2.43. The first-order chi connectivity index (χ1) is 9.17. The zero-order valence-electron chi connectivity index (χ0n) is 12.8. The van der Waals surface area contributed by atoms with E-state index < -0.39 is 0 Å². The first kappa shape index (κ1) is 16.0. The van der Waals surface area contributed by atoms with Crippen LogP contribution in [0.5, 0.6) is 0 Å². The van der Waals surface area contributed by atoms with Crippen molar-refractivity contribution in [1.82, 2.24) is 14.5 Å². The molecule has 0 fully saturated rings. The molecule has 0 aliphatic rings. The van der Waals surface area contributed by atoms with Crippen LogP contribution in [0.15, 0.2) is 6.20 Å². The van der Waals surface area contributed by atoms with Gasteiger partial charge in [0.25, 0.3) is 0 Å². The standard InChI is InChI=1S/C14H28N4O/c1-5-6-7-15-14-16-13(2)12-18(14)9-8-17(3)10-11-19-4/h12H,5-11H2,1-4H3,(H,15,16). The summed E-state index contributed by atoms with van der Waals surface area (Å²) in [5.74, 6) is 0.992. The van der Waals surface area contributed by atoms with Crippen LogP contribution < -0.4 is 5.32 Å². The van der Waals surface area contributed by atoms with E-state index in [9.17, 15) is 0 Å². The predicted octanol–water partition coefficient (Wildman–Crippen LogP) is 1.98. The van der Waals surface area contributed by atoms with Crippen molar-refractivity contribution < 1.29 is 4.74 Å². The summed E-state index contributed by atoms with van der Waals surface area (Å²) < 4.78 is 7.29. The monoisotopic (exact) mass is 268 g/mol. The second-order valence-corrected chi connectivity index (χ2v) is 4.98. The van der Waals surface area contributed by atoms with Gasteiger partial charge < -0.3 is 19.5 Å². The van der Waals surface area contributed by atoms with Gasteiger partial charge in [-0.05, 0) is 20.4 Å². The molecule has 0 aliphatic heterocycles. The third-order valence-electron chi connectivity index (χ3n) is 3.11. The summed E-state index contributed by atoms with van der Waals surface area (Å²) in [7, 11) is 3.86. The molecular formula is C14H28N4O. The zero-order chi connectivity index (χ0) is 14.1. The second kappa shape index (κ2) is 8.93. The Morgan fingerprint density at radius 1 is 1.42 bits per heavy atom. The molecule has 0 saturated carbocycles. The third-order valence-corrected chi connectivity index (χ3v) is 3.11. The number of anilines is 1. The van der Waals surface area contributed by atoms with Crippen LogP contribution >= 0.6 is 0 Å². The maximum absolute atomic E-state index is 5.08. The quantitative estimate of drug-likeness (QED) is 0.659. The van der Waals surface area contributed by atoms with Crippen LogP contribution in [0.4, 0.5) is 5.95 Å². The highest BCUT2D eigenvalue weighted by Gasteiger charge is 2.06. The number of hydrogen-bond donors (Lipinski definition) is 1. The lowest BCUT2D eigenvalue weighted by Gasteiger charge is -2.17. The molecule has 0 aromatic carbocycles. The average Bonchev–Trinajstić information content (AvgIpc) is 2.74. The Bertz CT molecular complexity index is 351. The van der Waals surface area contributed by atoms with Gasteiger partial charge in [0.2, 0.25) is 5.95 Å². The summed E-state index contributed by atoms with van der Waals surface area (Å²) in [6, 6.07) is 0. The van der Waals surface area contributed by atoms with Gasteiger partial charge in [-0.25, -0.2) is 4.98 Å². The molecule has 0 amide bonds. The molecule has 0 radical (unpaired) electrons. The summed E-state index contributed by atoms with van der Waals surface area (Å²) in [4.78, 5) is 6.80. The van der Waals surface area contributed by atoms with E-state index in [0.717, 1.165) is 44.4 Å². The van der Waals surface area contributed by atoms with Crippen LogP contribution in [0.2, 0.25) is 0 Å². The molecule has 1 aromatic rings. The Morgan fingerprint density at radius 2 is 2.21 bits per heavy atom. The van der Waals surface area contributed by atoms with Gasteiger partial charge in [0.1, 0.15) is 0 Å². The normalized spacial score (nSPS) is 11.2. The molecule has 0 aliphatic carbocycles. The predicted molar refractivity (Wildman–Crippen MR) is 79.7 cm³/mol. The van der Waals surface area contributed by atoms with E-state index in [1.165, 1.54) is 12.8 Å². The third kappa shape index (κ3) is 6.07. The molecule has 1 N–H and O–H groups in total. The fraction of sp³-hybridized carbons (Fsp3) is 0.786. The number of imidazole rings is 1. The molecule has 0 bridgehead atoms. The van der Waals surface area contributed by atoms with Crippen molar-refractivity contribution in [2.24, 2.45) is 0 Å². The van der Waals surface area contributed by atoms with E-state index in [1.54, 1.807) is 7.11 Å². The highest BCUT2D eigenvalue weighted by Crippen LogP contribution is 2.08. The Labute approximate surface area is 117 Å². The summed E-state index contributed by atoms with van der Waals surface area (Å²) in [5.41, 5.74) is 1.07. The molecule has 1 aromatic heterocycles. The van der Waals surface area contributed by atoms with E-state index in [0.29, 0.717) is 0 Å². The number of aryl methyl sites for hydroxylation is 1. The van der Waals surface area contributed by atoms with Crippen LogP contribution in [-0.2, 0) is 11.3 Å². The summed E-state index contributed by atoms with van der Waals surface area (Å²) in [6.07, 6.45) is 4.49. The van der Waals surface area contributed by atoms with E-state index in [-0.39, 0.29) is 0 Å². The molecule has 110 valence electrons. The maximum Gasteiger partial charge on any atom is 0.203 e. The molecule has 1 rings (SSSR count). The van der Waals surface area contributed by atoms with Gasteiger partial charge in [-0.2, -0.15) is 0 Å². The summed E-state index contributed by atoms with van der Waals surface area (Å²) in [5, 5.41) is 3.41. The molecule has 1 heterocycles. The number of nitrogens with zero attached hydrogens (tertiary/aromatic N) is 3.